The average Bonchev–Trinajstić information content (AvgIpc) is 2.78. The Morgan fingerprint density at radius 2 is 2.39 bits per heavy atom. The first-order chi connectivity index (χ1) is 8.61. The van der Waals surface area contributed by atoms with Crippen molar-refractivity contribution in [2.75, 3.05) is 7.11 Å². The quantitative estimate of drug-likeness (QED) is 0.830. The number of nitrogens with one attached hydrogen (secondary N) is 1. The van der Waals surface area contributed by atoms with Crippen LogP contribution < -0.4 is 10.3 Å². The molecule has 0 bridgehead atoms. The average molecular weight is 284 g/mol. The molecule has 0 saturated heterocycles. The summed E-state index contributed by atoms with van der Waals surface area (Å²) in [6.07, 6.45) is 1.28. The van der Waals surface area contributed by atoms with E-state index in [-0.39, 0.29) is 16.2 Å². The molecule has 94 valence electrons. The van der Waals surface area contributed by atoms with Crippen LogP contribution >= 0.6 is 23.1 Å². The molecule has 0 atom stereocenters. The Morgan fingerprint density at radius 3 is 3.00 bits per heavy atom. The third-order valence-electron chi connectivity index (χ3n) is 1.98. The minimum atomic E-state index is -0.974. The van der Waals surface area contributed by atoms with Crippen LogP contribution in [0.1, 0.15) is 9.67 Å². The largest absolute Gasteiger partial charge is 0.489 e. The van der Waals surface area contributed by atoms with Crippen LogP contribution in [0.3, 0.4) is 0 Å². The zero-order chi connectivity index (χ0) is 13.1. The normalized spacial score (nSPS) is 10.3. The van der Waals surface area contributed by atoms with Gasteiger partial charge in [-0.3, -0.25) is 4.79 Å². The van der Waals surface area contributed by atoms with E-state index in [9.17, 15) is 9.59 Å². The van der Waals surface area contributed by atoms with Crippen LogP contribution in [0.5, 0.6) is 5.75 Å². The van der Waals surface area contributed by atoms with Crippen molar-refractivity contribution in [1.29, 1.82) is 0 Å². The van der Waals surface area contributed by atoms with Crippen LogP contribution in [-0.4, -0.2) is 28.2 Å². The van der Waals surface area contributed by atoms with Crippen molar-refractivity contribution >= 4 is 29.1 Å². The summed E-state index contributed by atoms with van der Waals surface area (Å²) in [5.41, 5.74) is -0.372. The second-order valence-corrected chi connectivity index (χ2v) is 5.10. The summed E-state index contributed by atoms with van der Waals surface area (Å²) >= 11 is 2.30. The summed E-state index contributed by atoms with van der Waals surface area (Å²) in [5.74, 6) is -0.858. The van der Waals surface area contributed by atoms with Crippen molar-refractivity contribution in [3.8, 4) is 5.75 Å². The number of carboxylic acids is 1. The molecule has 2 heterocycles. The van der Waals surface area contributed by atoms with Crippen molar-refractivity contribution in [1.82, 2.24) is 9.97 Å². The van der Waals surface area contributed by atoms with Gasteiger partial charge in [0, 0.05) is 10.3 Å². The third-order valence-corrected chi connectivity index (χ3v) is 4.01. The molecule has 0 amide bonds. The SMILES string of the molecule is COc1c(Sc2csc(C(=O)O)c2)nc[nH]c1=O. The Hall–Kier alpha value is -1.80. The van der Waals surface area contributed by atoms with E-state index in [0.717, 1.165) is 11.3 Å². The molecule has 18 heavy (non-hydrogen) atoms. The fourth-order valence-electron chi connectivity index (χ4n) is 1.22. The number of rotatable bonds is 4. The molecule has 2 rings (SSSR count). The summed E-state index contributed by atoms with van der Waals surface area (Å²) in [4.78, 5) is 29.5. The predicted molar refractivity (Wildman–Crippen MR) is 66.8 cm³/mol. The number of carboxylic acid groups (broad SMARTS) is 1. The number of carbonyl (C=O) groups is 1. The number of aromatic nitrogens is 2. The van der Waals surface area contributed by atoms with Crippen molar-refractivity contribution in [2.45, 2.75) is 9.92 Å². The number of ether oxygens (including phenoxy) is 1. The first kappa shape index (κ1) is 12.7. The predicted octanol–water partition coefficient (Wildman–Crippen LogP) is 1.69. The van der Waals surface area contributed by atoms with E-state index >= 15 is 0 Å². The van der Waals surface area contributed by atoms with Gasteiger partial charge in [0.2, 0.25) is 5.75 Å². The fourth-order valence-corrected chi connectivity index (χ4v) is 3.01. The lowest BCUT2D eigenvalue weighted by molar-refractivity contribution is 0.0702. The second-order valence-electron chi connectivity index (χ2n) is 3.12. The zero-order valence-electron chi connectivity index (χ0n) is 9.17. The highest BCUT2D eigenvalue weighted by Gasteiger charge is 2.13. The fraction of sp³-hybridized carbons (Fsp3) is 0.100. The van der Waals surface area contributed by atoms with Crippen LogP contribution in [0.15, 0.2) is 32.5 Å². The molecule has 2 aromatic rings. The van der Waals surface area contributed by atoms with Gasteiger partial charge in [-0.2, -0.15) is 0 Å². The Bertz CT molecular complexity index is 635. The molecule has 8 heteroatoms. The highest BCUT2D eigenvalue weighted by atomic mass is 32.2. The molecular weight excluding hydrogens is 276 g/mol. The number of aromatic carboxylic acids is 1. The van der Waals surface area contributed by atoms with E-state index in [1.807, 2.05) is 0 Å². The van der Waals surface area contributed by atoms with E-state index < -0.39 is 5.97 Å². The maximum atomic E-state index is 11.4. The number of thiophene rings is 1. The van der Waals surface area contributed by atoms with Crippen molar-refractivity contribution in [2.24, 2.45) is 0 Å². The molecule has 0 aliphatic heterocycles. The Balaban J connectivity index is 2.31. The summed E-state index contributed by atoms with van der Waals surface area (Å²) in [5, 5.41) is 10.9. The third kappa shape index (κ3) is 2.54. The maximum absolute atomic E-state index is 11.4. The Labute approximate surface area is 110 Å². The molecule has 0 fully saturated rings. The molecule has 2 N–H and O–H groups in total. The molecular formula is C10H8N2O4S2. The minimum absolute atomic E-state index is 0.116. The lowest BCUT2D eigenvalue weighted by Gasteiger charge is -2.03. The summed E-state index contributed by atoms with van der Waals surface area (Å²) < 4.78 is 4.96. The lowest BCUT2D eigenvalue weighted by atomic mass is 10.5. The molecule has 0 aromatic carbocycles. The van der Waals surface area contributed by atoms with Gasteiger partial charge >= 0.3 is 5.97 Å². The van der Waals surface area contributed by atoms with Gasteiger partial charge in [-0.1, -0.05) is 11.8 Å². The van der Waals surface area contributed by atoms with E-state index in [1.54, 1.807) is 5.38 Å². The maximum Gasteiger partial charge on any atom is 0.345 e. The summed E-state index contributed by atoms with van der Waals surface area (Å²) in [7, 11) is 1.38. The highest BCUT2D eigenvalue weighted by molar-refractivity contribution is 7.99. The van der Waals surface area contributed by atoms with Gasteiger partial charge in [-0.05, 0) is 6.07 Å². The van der Waals surface area contributed by atoms with Gasteiger partial charge in [0.05, 0.1) is 13.4 Å². The summed E-state index contributed by atoms with van der Waals surface area (Å²) in [6, 6.07) is 1.53. The lowest BCUT2D eigenvalue weighted by Crippen LogP contribution is -2.10. The molecule has 0 aliphatic carbocycles. The Kier molecular flexibility index (Phi) is 3.68. The molecule has 0 aliphatic rings. The van der Waals surface area contributed by atoms with Crippen LogP contribution in [0, 0.1) is 0 Å². The zero-order valence-corrected chi connectivity index (χ0v) is 10.8. The molecule has 0 unspecified atom stereocenters. The molecule has 0 spiro atoms. The molecule has 0 saturated carbocycles. The van der Waals surface area contributed by atoms with Gasteiger partial charge in [0.1, 0.15) is 4.88 Å². The van der Waals surface area contributed by atoms with E-state index in [1.165, 1.54) is 31.3 Å². The van der Waals surface area contributed by atoms with Gasteiger partial charge in [-0.25, -0.2) is 9.78 Å². The molecule has 0 radical (unpaired) electrons. The number of methoxy groups -OCH3 is 1. The van der Waals surface area contributed by atoms with Crippen LogP contribution in [-0.2, 0) is 0 Å². The smallest absolute Gasteiger partial charge is 0.345 e. The van der Waals surface area contributed by atoms with Gasteiger partial charge in [-0.15, -0.1) is 11.3 Å². The van der Waals surface area contributed by atoms with E-state index in [2.05, 4.69) is 9.97 Å². The number of H-pyrrole nitrogens is 1. The van der Waals surface area contributed by atoms with Crippen molar-refractivity contribution in [3.05, 3.63) is 33.0 Å². The standard InChI is InChI=1S/C10H8N2O4S2/c1-16-7-8(13)11-4-12-9(7)18-5-2-6(10(14)15)17-3-5/h2-4H,1H3,(H,14,15)(H,11,12,13). The van der Waals surface area contributed by atoms with Gasteiger partial charge in [0.25, 0.3) is 5.56 Å². The van der Waals surface area contributed by atoms with Crippen LogP contribution in [0.25, 0.3) is 0 Å². The highest BCUT2D eigenvalue weighted by Crippen LogP contribution is 2.33. The van der Waals surface area contributed by atoms with Crippen molar-refractivity contribution in [3.63, 3.8) is 0 Å². The summed E-state index contributed by atoms with van der Waals surface area (Å²) in [6.45, 7) is 0. The first-order valence-electron chi connectivity index (χ1n) is 4.73. The van der Waals surface area contributed by atoms with E-state index in [4.69, 9.17) is 9.84 Å². The van der Waals surface area contributed by atoms with Crippen molar-refractivity contribution < 1.29 is 14.6 Å². The minimum Gasteiger partial charge on any atom is -0.489 e. The topological polar surface area (TPSA) is 92.3 Å². The monoisotopic (exact) mass is 284 g/mol. The first-order valence-corrected chi connectivity index (χ1v) is 6.42. The van der Waals surface area contributed by atoms with E-state index in [0.29, 0.717) is 9.92 Å². The molecule has 2 aromatic heterocycles. The Morgan fingerprint density at radius 1 is 1.61 bits per heavy atom. The van der Waals surface area contributed by atoms with Gasteiger partial charge < -0.3 is 14.8 Å². The van der Waals surface area contributed by atoms with Gasteiger partial charge in [0.15, 0.2) is 5.03 Å². The second kappa shape index (κ2) is 5.23. The van der Waals surface area contributed by atoms with Crippen LogP contribution in [0.2, 0.25) is 0 Å². The number of hydrogen-bond acceptors (Lipinski definition) is 6. The number of aromatic amines is 1. The molecule has 6 nitrogen and oxygen atoms in total. The van der Waals surface area contributed by atoms with Crippen LogP contribution in [0.4, 0.5) is 0 Å². The number of hydrogen-bond donors (Lipinski definition) is 2. The number of nitrogens with zero attached hydrogens (tertiary/aromatic N) is 1.